The zero-order valence-electron chi connectivity index (χ0n) is 33.2. The topological polar surface area (TPSA) is 87.7 Å². The highest BCUT2D eigenvalue weighted by Gasteiger charge is 2.34. The van der Waals surface area contributed by atoms with E-state index in [4.69, 9.17) is 0 Å². The molecule has 0 saturated heterocycles. The van der Waals surface area contributed by atoms with E-state index in [9.17, 15) is 19.2 Å². The van der Waals surface area contributed by atoms with Crippen LogP contribution in [0.1, 0.15) is 52.7 Å². The molecule has 2 aliphatic rings. The standard InChI is InChI=1S/C55H35N3O4/c59-52-46-14-7-8-15-47(46)53(60)49(52)34-36-17-25-42(26-18-36)57(40-10-3-1-4-11-40)44-29-21-38(22-30-44)39-23-31-45(32-24-39)58(41-12-5-2-6-13-41)43-27-19-37(20-28-43)35-50-54(61)48-16-9-33-56-51(48)55(50)62/h1-35H. The Kier molecular flexibility index (Phi) is 9.67. The molecular weight excluding hydrogens is 767 g/mol. The summed E-state index contributed by atoms with van der Waals surface area (Å²) < 4.78 is 0. The Bertz CT molecular complexity index is 2810. The van der Waals surface area contributed by atoms with Gasteiger partial charge in [-0.3, -0.25) is 24.2 Å². The quantitative estimate of drug-likeness (QED) is 0.106. The Hall–Kier alpha value is -8.55. The van der Waals surface area contributed by atoms with Gasteiger partial charge in [0.1, 0.15) is 5.69 Å². The fourth-order valence-corrected chi connectivity index (χ4v) is 8.11. The Morgan fingerprint density at radius 3 is 1.08 bits per heavy atom. The minimum Gasteiger partial charge on any atom is -0.311 e. The van der Waals surface area contributed by atoms with E-state index in [2.05, 4.69) is 87.6 Å². The third-order valence-electron chi connectivity index (χ3n) is 11.2. The molecule has 0 spiro atoms. The van der Waals surface area contributed by atoms with Crippen molar-refractivity contribution in [3.63, 3.8) is 0 Å². The molecular formula is C55H35N3O4. The van der Waals surface area contributed by atoms with Gasteiger partial charge in [-0.05, 0) is 119 Å². The lowest BCUT2D eigenvalue weighted by atomic mass is 10.0. The van der Waals surface area contributed by atoms with Crippen molar-refractivity contribution in [1.82, 2.24) is 4.98 Å². The number of anilines is 6. The van der Waals surface area contributed by atoms with Crippen molar-refractivity contribution in [2.24, 2.45) is 0 Å². The van der Waals surface area contributed by atoms with Crippen molar-refractivity contribution in [1.29, 1.82) is 0 Å². The molecule has 0 saturated carbocycles. The first-order valence-electron chi connectivity index (χ1n) is 20.2. The number of allylic oxidation sites excluding steroid dienone is 2. The predicted molar refractivity (Wildman–Crippen MR) is 245 cm³/mol. The summed E-state index contributed by atoms with van der Waals surface area (Å²) in [5.74, 6) is -1.14. The van der Waals surface area contributed by atoms with Crippen LogP contribution in [0.3, 0.4) is 0 Å². The highest BCUT2D eigenvalue weighted by molar-refractivity contribution is 6.41. The molecule has 0 amide bonds. The molecule has 8 aromatic rings. The van der Waals surface area contributed by atoms with Crippen LogP contribution in [0.25, 0.3) is 23.3 Å². The number of aromatic nitrogens is 1. The Balaban J connectivity index is 0.903. The Morgan fingerprint density at radius 1 is 0.323 bits per heavy atom. The number of ketones is 4. The van der Waals surface area contributed by atoms with Crippen molar-refractivity contribution >= 4 is 69.4 Å². The number of para-hydroxylation sites is 2. The van der Waals surface area contributed by atoms with E-state index in [1.807, 2.05) is 84.9 Å². The van der Waals surface area contributed by atoms with Crippen LogP contribution in [0.4, 0.5) is 34.1 Å². The van der Waals surface area contributed by atoms with E-state index < -0.39 is 0 Å². The summed E-state index contributed by atoms with van der Waals surface area (Å²) in [5, 5.41) is 0. The number of nitrogens with zero attached hydrogens (tertiary/aromatic N) is 3. The lowest BCUT2D eigenvalue weighted by molar-refractivity contribution is 0.0974. The van der Waals surface area contributed by atoms with Gasteiger partial charge in [0.25, 0.3) is 0 Å². The first-order valence-corrected chi connectivity index (χ1v) is 20.2. The van der Waals surface area contributed by atoms with Crippen LogP contribution in [0.2, 0.25) is 0 Å². The summed E-state index contributed by atoms with van der Waals surface area (Å²) in [4.78, 5) is 60.5. The van der Waals surface area contributed by atoms with Crippen LogP contribution in [0, 0.1) is 0 Å². The molecule has 1 heterocycles. The van der Waals surface area contributed by atoms with Gasteiger partial charge in [0.05, 0.1) is 16.7 Å². The largest absolute Gasteiger partial charge is 0.311 e. The van der Waals surface area contributed by atoms with Crippen molar-refractivity contribution in [3.05, 3.63) is 245 Å². The zero-order valence-corrected chi connectivity index (χ0v) is 33.2. The second-order valence-electron chi connectivity index (χ2n) is 15.0. The van der Waals surface area contributed by atoms with Gasteiger partial charge in [-0.2, -0.15) is 0 Å². The summed E-state index contributed by atoms with van der Waals surface area (Å²) >= 11 is 0. The maximum atomic E-state index is 13.0. The summed E-state index contributed by atoms with van der Waals surface area (Å²) in [5.41, 5.74) is 11.1. The fraction of sp³-hybridized carbons (Fsp3) is 0. The van der Waals surface area contributed by atoms with Crippen molar-refractivity contribution in [3.8, 4) is 11.1 Å². The Morgan fingerprint density at radius 2 is 0.661 bits per heavy atom. The van der Waals surface area contributed by atoms with Gasteiger partial charge in [0, 0.05) is 51.4 Å². The van der Waals surface area contributed by atoms with Crippen molar-refractivity contribution in [2.45, 2.75) is 0 Å². The number of carbonyl (C=O) groups excluding carboxylic acids is 4. The van der Waals surface area contributed by atoms with E-state index >= 15 is 0 Å². The number of rotatable bonds is 9. The molecule has 0 bridgehead atoms. The van der Waals surface area contributed by atoms with Gasteiger partial charge in [-0.1, -0.05) is 109 Å². The summed E-state index contributed by atoms with van der Waals surface area (Å²) in [6, 6.07) is 63.0. The molecule has 62 heavy (non-hydrogen) atoms. The molecule has 0 atom stereocenters. The van der Waals surface area contributed by atoms with Gasteiger partial charge in [0.15, 0.2) is 17.3 Å². The van der Waals surface area contributed by atoms with Crippen LogP contribution < -0.4 is 9.80 Å². The van der Waals surface area contributed by atoms with E-state index in [0.29, 0.717) is 16.7 Å². The second kappa shape index (κ2) is 15.9. The minimum atomic E-state index is -0.352. The molecule has 10 rings (SSSR count). The third kappa shape index (κ3) is 6.93. The number of hydrogen-bond donors (Lipinski definition) is 0. The average molecular weight is 802 g/mol. The van der Waals surface area contributed by atoms with E-state index in [1.165, 1.54) is 6.20 Å². The van der Waals surface area contributed by atoms with E-state index in [1.54, 1.807) is 48.6 Å². The highest BCUT2D eigenvalue weighted by atomic mass is 16.2. The molecule has 0 fully saturated rings. The lowest BCUT2D eigenvalue weighted by Crippen LogP contribution is -2.10. The number of benzene rings is 7. The number of Topliss-reactive ketones (excluding diaryl/α,β-unsaturated/α-hetero) is 4. The molecule has 7 aromatic carbocycles. The van der Waals surface area contributed by atoms with Crippen LogP contribution in [0.5, 0.6) is 0 Å². The van der Waals surface area contributed by atoms with Crippen molar-refractivity contribution < 1.29 is 19.2 Å². The molecule has 294 valence electrons. The van der Waals surface area contributed by atoms with Gasteiger partial charge < -0.3 is 9.80 Å². The maximum Gasteiger partial charge on any atom is 0.216 e. The Labute approximate surface area is 358 Å². The van der Waals surface area contributed by atoms with Crippen LogP contribution in [-0.4, -0.2) is 28.1 Å². The van der Waals surface area contributed by atoms with Crippen LogP contribution >= 0.6 is 0 Å². The van der Waals surface area contributed by atoms with Crippen LogP contribution in [-0.2, 0) is 0 Å². The van der Waals surface area contributed by atoms with Gasteiger partial charge >= 0.3 is 0 Å². The highest BCUT2D eigenvalue weighted by Crippen LogP contribution is 2.39. The number of pyridine rings is 1. The molecule has 2 aliphatic carbocycles. The minimum absolute atomic E-state index is 0.121. The molecule has 0 unspecified atom stereocenters. The number of fused-ring (bicyclic) bond motifs is 2. The summed E-state index contributed by atoms with van der Waals surface area (Å²) in [7, 11) is 0. The fourth-order valence-electron chi connectivity index (χ4n) is 8.11. The molecule has 7 heteroatoms. The normalized spacial score (nSPS) is 13.6. The number of hydrogen-bond acceptors (Lipinski definition) is 7. The zero-order chi connectivity index (χ0) is 42.2. The first-order chi connectivity index (χ1) is 30.4. The van der Waals surface area contributed by atoms with Gasteiger partial charge in [-0.15, -0.1) is 0 Å². The smallest absolute Gasteiger partial charge is 0.216 e. The molecule has 0 aliphatic heterocycles. The maximum absolute atomic E-state index is 13.0. The predicted octanol–water partition coefficient (Wildman–Crippen LogP) is 12.6. The first kappa shape index (κ1) is 37.7. The van der Waals surface area contributed by atoms with Gasteiger partial charge in [-0.25, -0.2) is 0 Å². The average Bonchev–Trinajstić information content (AvgIpc) is 3.71. The van der Waals surface area contributed by atoms with E-state index in [-0.39, 0.29) is 40.0 Å². The second-order valence-corrected chi connectivity index (χ2v) is 15.0. The monoisotopic (exact) mass is 801 g/mol. The lowest BCUT2D eigenvalue weighted by Gasteiger charge is -2.26. The molecule has 7 nitrogen and oxygen atoms in total. The molecule has 1 aromatic heterocycles. The van der Waals surface area contributed by atoms with E-state index in [0.717, 1.165) is 56.4 Å². The summed E-state index contributed by atoms with van der Waals surface area (Å²) in [6.07, 6.45) is 4.85. The summed E-state index contributed by atoms with van der Waals surface area (Å²) in [6.45, 7) is 0. The number of carbonyl (C=O) groups is 4. The van der Waals surface area contributed by atoms with Gasteiger partial charge in [0.2, 0.25) is 5.78 Å². The van der Waals surface area contributed by atoms with Crippen LogP contribution in [0.15, 0.2) is 211 Å². The molecule has 0 radical (unpaired) electrons. The van der Waals surface area contributed by atoms with Crippen molar-refractivity contribution in [2.75, 3.05) is 9.80 Å². The third-order valence-corrected chi connectivity index (χ3v) is 11.2. The SMILES string of the molecule is O=C1C(=Cc2ccc(N(c3ccccc3)c3ccc(-c4ccc(N(c5ccccc5)c5ccc(C=C6C(=O)c7cccnc7C6=O)cc5)cc4)cc3)cc2)C(=O)c2ccccc21. The molecule has 0 N–H and O–H groups in total.